The van der Waals surface area contributed by atoms with Gasteiger partial charge in [-0.05, 0) is 49.3 Å². The molecule has 1 aromatic carbocycles. The Morgan fingerprint density at radius 3 is 2.50 bits per heavy atom. The number of rotatable bonds is 6. The predicted octanol–water partition coefficient (Wildman–Crippen LogP) is 3.54. The van der Waals surface area contributed by atoms with E-state index in [9.17, 15) is 0 Å². The molecule has 2 N–H and O–H groups in total. The summed E-state index contributed by atoms with van der Waals surface area (Å²) < 4.78 is 5.76. The van der Waals surface area contributed by atoms with E-state index < -0.39 is 0 Å². The van der Waals surface area contributed by atoms with Crippen molar-refractivity contribution in [2.75, 3.05) is 6.61 Å². The summed E-state index contributed by atoms with van der Waals surface area (Å²) in [4.78, 5) is 0. The van der Waals surface area contributed by atoms with Crippen molar-refractivity contribution < 1.29 is 4.74 Å². The molecule has 2 nitrogen and oxygen atoms in total. The second-order valence-electron chi connectivity index (χ2n) is 5.34. The van der Waals surface area contributed by atoms with Gasteiger partial charge in [0.05, 0.1) is 6.61 Å². The minimum Gasteiger partial charge on any atom is -0.494 e. The largest absolute Gasteiger partial charge is 0.494 e. The number of hydrogen-bond donors (Lipinski definition) is 1. The average Bonchev–Trinajstić information content (AvgIpc) is 2.93. The zero-order chi connectivity index (χ0) is 12.8. The third-order valence-corrected chi connectivity index (χ3v) is 4.06. The van der Waals surface area contributed by atoms with Gasteiger partial charge in [0.15, 0.2) is 0 Å². The molecular weight excluding hydrogens is 222 g/mol. The van der Waals surface area contributed by atoms with E-state index in [-0.39, 0.29) is 0 Å². The number of benzene rings is 1. The Balaban J connectivity index is 1.70. The molecule has 1 aromatic rings. The Bertz CT molecular complexity index is 341. The lowest BCUT2D eigenvalue weighted by Crippen LogP contribution is -2.30. The molecule has 1 saturated carbocycles. The molecule has 18 heavy (non-hydrogen) atoms. The van der Waals surface area contributed by atoms with Crippen LogP contribution >= 0.6 is 0 Å². The molecule has 1 unspecified atom stereocenters. The molecule has 0 radical (unpaired) electrons. The second kappa shape index (κ2) is 6.79. The Morgan fingerprint density at radius 2 is 1.89 bits per heavy atom. The Morgan fingerprint density at radius 1 is 1.22 bits per heavy atom. The fraction of sp³-hybridized carbons (Fsp3) is 0.625. The van der Waals surface area contributed by atoms with E-state index in [1.54, 1.807) is 0 Å². The van der Waals surface area contributed by atoms with Crippen LogP contribution < -0.4 is 10.5 Å². The molecular formula is C16H25NO. The standard InChI is InChI=1S/C16H25NO/c1-2-13-7-9-15(10-8-13)18-12-11-16(17)14-5-3-4-6-14/h7-10,14,16H,2-6,11-12,17H2,1H3. The van der Waals surface area contributed by atoms with E-state index in [1.807, 2.05) is 0 Å². The highest BCUT2D eigenvalue weighted by Gasteiger charge is 2.21. The molecule has 1 aliphatic carbocycles. The molecule has 1 aliphatic rings. The van der Waals surface area contributed by atoms with Crippen LogP contribution in [-0.4, -0.2) is 12.6 Å². The summed E-state index contributed by atoms with van der Waals surface area (Å²) >= 11 is 0. The predicted molar refractivity (Wildman–Crippen MR) is 75.9 cm³/mol. The molecule has 0 amide bonds. The summed E-state index contributed by atoms with van der Waals surface area (Å²) in [5.74, 6) is 1.70. The molecule has 2 heteroatoms. The van der Waals surface area contributed by atoms with Crippen LogP contribution in [0.5, 0.6) is 5.75 Å². The Kier molecular flexibility index (Phi) is 5.06. The van der Waals surface area contributed by atoms with Crippen LogP contribution in [0.3, 0.4) is 0 Å². The minimum atomic E-state index is 0.322. The van der Waals surface area contributed by atoms with E-state index in [4.69, 9.17) is 10.5 Å². The van der Waals surface area contributed by atoms with Gasteiger partial charge in [0.2, 0.25) is 0 Å². The number of hydrogen-bond acceptors (Lipinski definition) is 2. The van der Waals surface area contributed by atoms with Gasteiger partial charge in [-0.2, -0.15) is 0 Å². The lowest BCUT2D eigenvalue weighted by Gasteiger charge is -2.18. The summed E-state index contributed by atoms with van der Waals surface area (Å²) in [5, 5.41) is 0. The van der Waals surface area contributed by atoms with Gasteiger partial charge in [0, 0.05) is 6.04 Å². The van der Waals surface area contributed by atoms with Crippen LogP contribution in [0, 0.1) is 5.92 Å². The summed E-state index contributed by atoms with van der Waals surface area (Å²) in [6.07, 6.45) is 7.39. The first-order valence-electron chi connectivity index (χ1n) is 7.27. The van der Waals surface area contributed by atoms with E-state index in [0.29, 0.717) is 6.04 Å². The number of aryl methyl sites for hydroxylation is 1. The van der Waals surface area contributed by atoms with Gasteiger partial charge in [-0.3, -0.25) is 0 Å². The maximum Gasteiger partial charge on any atom is 0.119 e. The molecule has 1 fully saturated rings. The van der Waals surface area contributed by atoms with Crippen LogP contribution in [0.4, 0.5) is 0 Å². The van der Waals surface area contributed by atoms with E-state index in [0.717, 1.165) is 31.1 Å². The molecule has 0 aromatic heterocycles. The minimum absolute atomic E-state index is 0.322. The molecule has 0 aliphatic heterocycles. The summed E-state index contributed by atoms with van der Waals surface area (Å²) in [7, 11) is 0. The van der Waals surface area contributed by atoms with E-state index in [1.165, 1.54) is 31.2 Å². The first-order valence-corrected chi connectivity index (χ1v) is 7.27. The molecule has 0 bridgehead atoms. The van der Waals surface area contributed by atoms with E-state index >= 15 is 0 Å². The molecule has 0 spiro atoms. The maximum atomic E-state index is 6.21. The summed E-state index contributed by atoms with van der Waals surface area (Å²) in [6.45, 7) is 2.90. The number of nitrogens with two attached hydrogens (primary N) is 1. The van der Waals surface area contributed by atoms with Gasteiger partial charge in [-0.15, -0.1) is 0 Å². The van der Waals surface area contributed by atoms with Crippen molar-refractivity contribution in [3.05, 3.63) is 29.8 Å². The molecule has 2 rings (SSSR count). The third-order valence-electron chi connectivity index (χ3n) is 4.06. The Labute approximate surface area is 111 Å². The molecule has 1 atom stereocenters. The monoisotopic (exact) mass is 247 g/mol. The van der Waals surface area contributed by atoms with Crippen LogP contribution in [0.15, 0.2) is 24.3 Å². The summed E-state index contributed by atoms with van der Waals surface area (Å²) in [6, 6.07) is 8.70. The van der Waals surface area contributed by atoms with Crippen LogP contribution in [0.25, 0.3) is 0 Å². The van der Waals surface area contributed by atoms with Gasteiger partial charge in [0.25, 0.3) is 0 Å². The summed E-state index contributed by atoms with van der Waals surface area (Å²) in [5.41, 5.74) is 7.56. The van der Waals surface area contributed by atoms with Crippen LogP contribution in [0.2, 0.25) is 0 Å². The van der Waals surface area contributed by atoms with Crippen LogP contribution in [-0.2, 0) is 6.42 Å². The van der Waals surface area contributed by atoms with Crippen molar-refractivity contribution in [3.8, 4) is 5.75 Å². The molecule has 100 valence electrons. The highest BCUT2D eigenvalue weighted by Crippen LogP contribution is 2.28. The van der Waals surface area contributed by atoms with Crippen molar-refractivity contribution >= 4 is 0 Å². The SMILES string of the molecule is CCc1ccc(OCCC(N)C2CCCC2)cc1. The quantitative estimate of drug-likeness (QED) is 0.834. The van der Waals surface area contributed by atoms with Crippen molar-refractivity contribution in [1.82, 2.24) is 0 Å². The zero-order valence-corrected chi connectivity index (χ0v) is 11.4. The maximum absolute atomic E-state index is 6.21. The van der Waals surface area contributed by atoms with Gasteiger partial charge in [-0.25, -0.2) is 0 Å². The fourth-order valence-electron chi connectivity index (χ4n) is 2.76. The zero-order valence-electron chi connectivity index (χ0n) is 11.4. The van der Waals surface area contributed by atoms with Gasteiger partial charge >= 0.3 is 0 Å². The fourth-order valence-corrected chi connectivity index (χ4v) is 2.76. The average molecular weight is 247 g/mol. The lowest BCUT2D eigenvalue weighted by molar-refractivity contribution is 0.274. The van der Waals surface area contributed by atoms with Gasteiger partial charge < -0.3 is 10.5 Å². The number of ether oxygens (including phenoxy) is 1. The van der Waals surface area contributed by atoms with Crippen molar-refractivity contribution in [1.29, 1.82) is 0 Å². The van der Waals surface area contributed by atoms with Crippen molar-refractivity contribution in [3.63, 3.8) is 0 Å². The van der Waals surface area contributed by atoms with E-state index in [2.05, 4.69) is 31.2 Å². The second-order valence-corrected chi connectivity index (χ2v) is 5.34. The topological polar surface area (TPSA) is 35.2 Å². The third kappa shape index (κ3) is 3.74. The van der Waals surface area contributed by atoms with Crippen LogP contribution in [0.1, 0.15) is 44.6 Å². The van der Waals surface area contributed by atoms with Crippen molar-refractivity contribution in [2.45, 2.75) is 51.5 Å². The highest BCUT2D eigenvalue weighted by molar-refractivity contribution is 5.27. The highest BCUT2D eigenvalue weighted by atomic mass is 16.5. The smallest absolute Gasteiger partial charge is 0.119 e. The first-order chi connectivity index (χ1) is 8.79. The lowest BCUT2D eigenvalue weighted by atomic mass is 9.97. The van der Waals surface area contributed by atoms with Gasteiger partial charge in [0.1, 0.15) is 5.75 Å². The van der Waals surface area contributed by atoms with Gasteiger partial charge in [-0.1, -0.05) is 31.9 Å². The molecule has 0 saturated heterocycles. The van der Waals surface area contributed by atoms with Crippen molar-refractivity contribution in [2.24, 2.45) is 11.7 Å². The Hall–Kier alpha value is -1.02. The normalized spacial score (nSPS) is 17.9. The molecule has 0 heterocycles. The first kappa shape index (κ1) is 13.4.